The van der Waals surface area contributed by atoms with Gasteiger partial charge in [0, 0.05) is 22.3 Å². The Balaban J connectivity index is 1.62. The van der Waals surface area contributed by atoms with Crippen LogP contribution in [0.3, 0.4) is 0 Å². The lowest BCUT2D eigenvalue weighted by Crippen LogP contribution is -2.35. The van der Waals surface area contributed by atoms with E-state index in [0.717, 1.165) is 5.56 Å². The van der Waals surface area contributed by atoms with E-state index in [9.17, 15) is 9.18 Å². The van der Waals surface area contributed by atoms with E-state index in [1.165, 1.54) is 24.3 Å². The van der Waals surface area contributed by atoms with Crippen molar-refractivity contribution in [1.29, 1.82) is 0 Å². The molecule has 3 N–H and O–H groups in total. The van der Waals surface area contributed by atoms with Gasteiger partial charge in [0.1, 0.15) is 5.82 Å². The molecule has 0 saturated heterocycles. The summed E-state index contributed by atoms with van der Waals surface area (Å²) in [4.78, 5) is 17.2. The zero-order chi connectivity index (χ0) is 23.4. The van der Waals surface area contributed by atoms with Crippen LogP contribution in [-0.4, -0.2) is 22.1 Å². The van der Waals surface area contributed by atoms with Crippen LogP contribution in [-0.2, 0) is 0 Å². The molecule has 4 rings (SSSR count). The van der Waals surface area contributed by atoms with Crippen LogP contribution in [0, 0.1) is 5.82 Å². The lowest BCUT2D eigenvalue weighted by atomic mass is 10.1. The number of H-pyrrole nitrogens is 1. The van der Waals surface area contributed by atoms with Crippen LogP contribution in [0.4, 0.5) is 15.9 Å². The predicted molar refractivity (Wildman–Crippen MR) is 130 cm³/mol. The van der Waals surface area contributed by atoms with E-state index in [2.05, 4.69) is 25.8 Å². The summed E-state index contributed by atoms with van der Waals surface area (Å²) >= 11 is 17.9. The fourth-order valence-electron chi connectivity index (χ4n) is 2.83. The molecule has 0 fully saturated rings. The minimum atomic E-state index is -0.455. The average Bonchev–Trinajstić information content (AvgIpc) is 3.26. The zero-order valence-electron chi connectivity index (χ0n) is 16.7. The van der Waals surface area contributed by atoms with E-state index < -0.39 is 5.91 Å². The molecule has 0 aliphatic carbocycles. The van der Waals surface area contributed by atoms with Crippen molar-refractivity contribution in [2.45, 2.75) is 0 Å². The highest BCUT2D eigenvalue weighted by Gasteiger charge is 2.13. The third-order valence-electron chi connectivity index (χ3n) is 4.47. The van der Waals surface area contributed by atoms with Gasteiger partial charge >= 0.3 is 0 Å². The number of carbonyl (C=O) groups is 1. The second kappa shape index (κ2) is 10.0. The number of nitrogens with zero attached hydrogens (tertiary/aromatic N) is 2. The van der Waals surface area contributed by atoms with Crippen molar-refractivity contribution in [3.63, 3.8) is 0 Å². The van der Waals surface area contributed by atoms with Crippen molar-refractivity contribution in [2.24, 2.45) is 4.99 Å². The van der Waals surface area contributed by atoms with E-state index >= 15 is 0 Å². The van der Waals surface area contributed by atoms with Gasteiger partial charge in [-0.25, -0.2) is 4.39 Å². The average molecular weight is 503 g/mol. The Bertz CT molecular complexity index is 1320. The van der Waals surface area contributed by atoms with Crippen LogP contribution in [0.25, 0.3) is 11.3 Å². The second-order valence-electron chi connectivity index (χ2n) is 6.82. The summed E-state index contributed by atoms with van der Waals surface area (Å²) in [5.74, 6) is -0.384. The molecule has 1 heterocycles. The third kappa shape index (κ3) is 5.90. The first-order valence-corrected chi connectivity index (χ1v) is 10.7. The molecule has 166 valence electrons. The van der Waals surface area contributed by atoms with E-state index in [1.54, 1.807) is 48.5 Å². The summed E-state index contributed by atoms with van der Waals surface area (Å²) in [5.41, 5.74) is 2.30. The first-order chi connectivity index (χ1) is 15.9. The minimum absolute atomic E-state index is 0.116. The molecule has 0 atom stereocenters. The van der Waals surface area contributed by atoms with Gasteiger partial charge in [-0.3, -0.25) is 15.2 Å². The van der Waals surface area contributed by atoms with E-state index in [1.807, 2.05) is 0 Å². The molecule has 10 heteroatoms. The number of hydrogen-bond acceptors (Lipinski definition) is 3. The number of nitrogens with one attached hydrogen (secondary N) is 3. The van der Waals surface area contributed by atoms with Crippen LogP contribution in [0.5, 0.6) is 0 Å². The highest BCUT2D eigenvalue weighted by atomic mass is 35.5. The van der Waals surface area contributed by atoms with Crippen molar-refractivity contribution in [3.05, 3.63) is 99.2 Å². The van der Waals surface area contributed by atoms with Crippen molar-refractivity contribution < 1.29 is 9.18 Å². The molecule has 6 nitrogen and oxygen atoms in total. The van der Waals surface area contributed by atoms with Crippen molar-refractivity contribution in [3.8, 4) is 11.3 Å². The molecular formula is C23H15Cl3FN5O. The molecule has 0 spiro atoms. The first-order valence-electron chi connectivity index (χ1n) is 9.56. The number of halogens is 4. The number of guanidine groups is 1. The van der Waals surface area contributed by atoms with Crippen LogP contribution in [0.15, 0.2) is 77.8 Å². The Morgan fingerprint density at radius 3 is 2.33 bits per heavy atom. The Hall–Kier alpha value is -3.39. The summed E-state index contributed by atoms with van der Waals surface area (Å²) in [5, 5.41) is 13.9. The molecule has 33 heavy (non-hydrogen) atoms. The molecule has 0 aliphatic heterocycles. The molecule has 1 aromatic heterocycles. The maximum Gasteiger partial charge on any atom is 0.258 e. The van der Waals surface area contributed by atoms with Crippen molar-refractivity contribution >= 4 is 58.2 Å². The number of anilines is 1. The van der Waals surface area contributed by atoms with Crippen LogP contribution >= 0.6 is 34.8 Å². The highest BCUT2D eigenvalue weighted by molar-refractivity contribution is 6.42. The van der Waals surface area contributed by atoms with E-state index in [0.29, 0.717) is 32.8 Å². The summed E-state index contributed by atoms with van der Waals surface area (Å²) in [7, 11) is 0. The van der Waals surface area contributed by atoms with Gasteiger partial charge in [-0.1, -0.05) is 34.8 Å². The predicted octanol–water partition coefficient (Wildman–Crippen LogP) is 6.71. The molecule has 1 amide bonds. The summed E-state index contributed by atoms with van der Waals surface area (Å²) in [6.45, 7) is 0. The maximum atomic E-state index is 13.2. The normalized spacial score (nSPS) is 11.3. The van der Waals surface area contributed by atoms with Crippen LogP contribution < -0.4 is 10.6 Å². The number of aromatic amines is 1. The Morgan fingerprint density at radius 2 is 1.64 bits per heavy atom. The van der Waals surface area contributed by atoms with E-state index in [4.69, 9.17) is 34.8 Å². The number of rotatable bonds is 4. The van der Waals surface area contributed by atoms with Crippen LogP contribution in [0.1, 0.15) is 10.4 Å². The zero-order valence-corrected chi connectivity index (χ0v) is 19.0. The largest absolute Gasteiger partial charge is 0.326 e. The Kier molecular flexibility index (Phi) is 6.93. The van der Waals surface area contributed by atoms with Gasteiger partial charge in [0.2, 0.25) is 5.96 Å². The summed E-state index contributed by atoms with van der Waals surface area (Å²) in [6, 6.07) is 19.0. The lowest BCUT2D eigenvalue weighted by molar-refractivity contribution is 0.0977. The SMILES string of the molecule is O=C(NC(=Nc1cc(-c2ccc(F)cc2)[nH]n1)Nc1ccc(Cl)cc1)c1ccc(Cl)c(Cl)c1. The molecular weight excluding hydrogens is 488 g/mol. The monoisotopic (exact) mass is 501 g/mol. The van der Waals surface area contributed by atoms with Gasteiger partial charge in [0.25, 0.3) is 5.91 Å². The number of carbonyl (C=O) groups excluding carboxylic acids is 1. The molecule has 3 aromatic carbocycles. The van der Waals surface area contributed by atoms with Gasteiger partial charge in [0.15, 0.2) is 5.82 Å². The standard InChI is InChI=1S/C23H15Cl3FN5O/c24-15-4-8-17(9-5-15)28-23(30-22(33)14-3-10-18(25)19(26)11-14)29-21-12-20(31-32-21)13-1-6-16(27)7-2-13/h1-12H,(H3,28,29,30,31,32,33). The summed E-state index contributed by atoms with van der Waals surface area (Å²) < 4.78 is 13.2. The van der Waals surface area contributed by atoms with E-state index in [-0.39, 0.29) is 16.8 Å². The number of aliphatic imine (C=N–C) groups is 1. The fourth-order valence-corrected chi connectivity index (χ4v) is 3.26. The molecule has 4 aromatic rings. The smallest absolute Gasteiger partial charge is 0.258 e. The third-order valence-corrected chi connectivity index (χ3v) is 5.46. The van der Waals surface area contributed by atoms with Gasteiger partial charge in [-0.2, -0.15) is 10.1 Å². The first kappa shape index (κ1) is 22.8. The van der Waals surface area contributed by atoms with Gasteiger partial charge in [-0.15, -0.1) is 0 Å². The molecule has 0 aliphatic rings. The van der Waals surface area contributed by atoms with Crippen LogP contribution in [0.2, 0.25) is 15.1 Å². The number of aromatic nitrogens is 2. The van der Waals surface area contributed by atoms with Gasteiger partial charge < -0.3 is 5.32 Å². The van der Waals surface area contributed by atoms with Gasteiger partial charge in [-0.05, 0) is 72.3 Å². The fraction of sp³-hybridized carbons (Fsp3) is 0. The number of amides is 1. The molecule has 0 radical (unpaired) electrons. The highest BCUT2D eigenvalue weighted by Crippen LogP contribution is 2.24. The van der Waals surface area contributed by atoms with Gasteiger partial charge in [0.05, 0.1) is 15.7 Å². The Morgan fingerprint density at radius 1 is 0.909 bits per heavy atom. The molecule has 0 unspecified atom stereocenters. The molecule has 0 saturated carbocycles. The Labute approximate surface area is 203 Å². The summed E-state index contributed by atoms with van der Waals surface area (Å²) in [6.07, 6.45) is 0. The topological polar surface area (TPSA) is 82.2 Å². The van der Waals surface area contributed by atoms with Crippen molar-refractivity contribution in [1.82, 2.24) is 15.5 Å². The molecule has 0 bridgehead atoms. The lowest BCUT2D eigenvalue weighted by Gasteiger charge is -2.11. The maximum absolute atomic E-state index is 13.2. The second-order valence-corrected chi connectivity index (χ2v) is 8.07. The number of benzene rings is 3. The minimum Gasteiger partial charge on any atom is -0.326 e. The quantitative estimate of drug-likeness (QED) is 0.214. The number of hydrogen-bond donors (Lipinski definition) is 3. The van der Waals surface area contributed by atoms with Crippen molar-refractivity contribution in [2.75, 3.05) is 5.32 Å².